The number of amides is 1. The van der Waals surface area contributed by atoms with Gasteiger partial charge in [0.2, 0.25) is 5.91 Å². The molecule has 1 aliphatic rings. The molecule has 1 heterocycles. The van der Waals surface area contributed by atoms with Crippen LogP contribution in [0.25, 0.3) is 0 Å². The molecule has 0 aromatic heterocycles. The van der Waals surface area contributed by atoms with Gasteiger partial charge >= 0.3 is 5.97 Å². The van der Waals surface area contributed by atoms with Crippen molar-refractivity contribution in [2.45, 2.75) is 38.0 Å². The Morgan fingerprint density at radius 2 is 1.71 bits per heavy atom. The number of benzene rings is 2. The second-order valence-electron chi connectivity index (χ2n) is 7.35. The van der Waals surface area contributed by atoms with E-state index in [4.69, 9.17) is 10.8 Å². The molecule has 2 unspecified atom stereocenters. The first-order valence-electron chi connectivity index (χ1n) is 9.55. The lowest BCUT2D eigenvalue weighted by molar-refractivity contribution is -0.119. The van der Waals surface area contributed by atoms with Crippen molar-refractivity contribution in [2.24, 2.45) is 5.73 Å². The standard InChI is InChI=1S/C22H25FN2O3/c1-14(20(21(24)26)15-5-7-16(8-6-15)22(27)28)18-10-9-17(23)13-19(18)25-11-3-2-4-12-25/h5-10,13-14,20H,2-4,11-12H2,1H3,(H2,24,26)(H,27,28). The van der Waals surface area contributed by atoms with Gasteiger partial charge in [0.05, 0.1) is 11.5 Å². The maximum absolute atomic E-state index is 14.0. The summed E-state index contributed by atoms with van der Waals surface area (Å²) in [5, 5.41) is 9.08. The summed E-state index contributed by atoms with van der Waals surface area (Å²) < 4.78 is 14.0. The maximum Gasteiger partial charge on any atom is 0.335 e. The van der Waals surface area contributed by atoms with Crippen LogP contribution in [0.1, 0.15) is 59.5 Å². The highest BCUT2D eigenvalue weighted by molar-refractivity contribution is 5.88. The van der Waals surface area contributed by atoms with Crippen molar-refractivity contribution in [2.75, 3.05) is 18.0 Å². The van der Waals surface area contributed by atoms with Crippen molar-refractivity contribution in [3.8, 4) is 0 Å². The van der Waals surface area contributed by atoms with E-state index in [1.165, 1.54) is 24.3 Å². The van der Waals surface area contributed by atoms with Crippen LogP contribution in [0.2, 0.25) is 0 Å². The lowest BCUT2D eigenvalue weighted by atomic mass is 9.81. The zero-order chi connectivity index (χ0) is 20.3. The lowest BCUT2D eigenvalue weighted by Crippen LogP contribution is -2.32. The van der Waals surface area contributed by atoms with Gasteiger partial charge in [-0.3, -0.25) is 4.79 Å². The Labute approximate surface area is 164 Å². The number of carbonyl (C=O) groups is 2. The van der Waals surface area contributed by atoms with E-state index < -0.39 is 17.8 Å². The number of hydrogen-bond acceptors (Lipinski definition) is 3. The molecule has 2 atom stereocenters. The maximum atomic E-state index is 14.0. The van der Waals surface area contributed by atoms with Crippen LogP contribution in [0.4, 0.5) is 10.1 Å². The smallest absolute Gasteiger partial charge is 0.335 e. The number of nitrogens with zero attached hydrogens (tertiary/aromatic N) is 1. The number of aromatic carboxylic acids is 1. The Bertz CT molecular complexity index is 861. The predicted octanol–water partition coefficient (Wildman–Crippen LogP) is 3.89. The number of carbonyl (C=O) groups excluding carboxylic acids is 1. The average molecular weight is 384 g/mol. The summed E-state index contributed by atoms with van der Waals surface area (Å²) in [6.07, 6.45) is 3.27. The summed E-state index contributed by atoms with van der Waals surface area (Å²) in [5.74, 6) is -2.76. The zero-order valence-electron chi connectivity index (χ0n) is 15.9. The van der Waals surface area contributed by atoms with Crippen molar-refractivity contribution in [1.29, 1.82) is 0 Å². The van der Waals surface area contributed by atoms with Gasteiger partial charge in [0, 0.05) is 18.8 Å². The fourth-order valence-corrected chi connectivity index (χ4v) is 4.02. The first-order chi connectivity index (χ1) is 13.4. The predicted molar refractivity (Wildman–Crippen MR) is 106 cm³/mol. The van der Waals surface area contributed by atoms with Gasteiger partial charge in [-0.25, -0.2) is 9.18 Å². The van der Waals surface area contributed by atoms with Crippen LogP contribution in [-0.2, 0) is 4.79 Å². The van der Waals surface area contributed by atoms with E-state index in [9.17, 15) is 14.0 Å². The summed E-state index contributed by atoms with van der Waals surface area (Å²) in [4.78, 5) is 25.6. The van der Waals surface area contributed by atoms with Gasteiger partial charge in [-0.05, 0) is 60.6 Å². The van der Waals surface area contributed by atoms with Gasteiger partial charge in [0.15, 0.2) is 0 Å². The molecule has 1 amide bonds. The molecule has 3 N–H and O–H groups in total. The molecule has 6 heteroatoms. The molecule has 3 rings (SSSR count). The van der Waals surface area contributed by atoms with Gasteiger partial charge in [0.25, 0.3) is 0 Å². The second kappa shape index (κ2) is 8.42. The molecule has 0 saturated carbocycles. The van der Waals surface area contributed by atoms with Gasteiger partial charge in [-0.2, -0.15) is 0 Å². The number of rotatable bonds is 6. The molecule has 1 aliphatic heterocycles. The summed E-state index contributed by atoms with van der Waals surface area (Å²) in [6.45, 7) is 3.62. The highest BCUT2D eigenvalue weighted by atomic mass is 19.1. The SMILES string of the molecule is CC(c1ccc(F)cc1N1CCCCC1)C(C(N)=O)c1ccc(C(=O)O)cc1. The molecule has 2 aromatic rings. The van der Waals surface area contributed by atoms with Crippen LogP contribution in [0, 0.1) is 5.82 Å². The van der Waals surface area contributed by atoms with Crippen LogP contribution in [-0.4, -0.2) is 30.1 Å². The van der Waals surface area contributed by atoms with Gasteiger partial charge < -0.3 is 15.7 Å². The van der Waals surface area contributed by atoms with E-state index >= 15 is 0 Å². The van der Waals surface area contributed by atoms with Crippen LogP contribution in [0.3, 0.4) is 0 Å². The topological polar surface area (TPSA) is 83.6 Å². The van der Waals surface area contributed by atoms with Crippen molar-refractivity contribution >= 4 is 17.6 Å². The second-order valence-corrected chi connectivity index (χ2v) is 7.35. The van der Waals surface area contributed by atoms with Gasteiger partial charge in [-0.1, -0.05) is 25.1 Å². The highest BCUT2D eigenvalue weighted by Gasteiger charge is 2.29. The quantitative estimate of drug-likeness (QED) is 0.791. The van der Waals surface area contributed by atoms with E-state index in [0.717, 1.165) is 43.6 Å². The molecule has 28 heavy (non-hydrogen) atoms. The number of hydrogen-bond donors (Lipinski definition) is 2. The molecule has 0 spiro atoms. The van der Waals surface area contributed by atoms with E-state index in [2.05, 4.69) is 4.90 Å². The Morgan fingerprint density at radius 1 is 1.07 bits per heavy atom. The van der Waals surface area contributed by atoms with Crippen LogP contribution in [0.15, 0.2) is 42.5 Å². The average Bonchev–Trinajstić information content (AvgIpc) is 2.68. The summed E-state index contributed by atoms with van der Waals surface area (Å²) >= 11 is 0. The molecule has 148 valence electrons. The number of carboxylic acid groups (broad SMARTS) is 1. The number of carboxylic acids is 1. The minimum absolute atomic E-state index is 0.149. The summed E-state index contributed by atoms with van der Waals surface area (Å²) in [7, 11) is 0. The fraction of sp³-hybridized carbons (Fsp3) is 0.364. The normalized spacial score (nSPS) is 16.4. The Hall–Kier alpha value is -2.89. The third-order valence-corrected chi connectivity index (χ3v) is 5.50. The molecule has 0 bridgehead atoms. The minimum Gasteiger partial charge on any atom is -0.478 e. The minimum atomic E-state index is -1.03. The largest absolute Gasteiger partial charge is 0.478 e. The molecular weight excluding hydrogens is 359 g/mol. The number of piperidine rings is 1. The first kappa shape index (κ1) is 19.9. The van der Waals surface area contributed by atoms with Crippen LogP contribution in [0.5, 0.6) is 0 Å². The Morgan fingerprint density at radius 3 is 2.29 bits per heavy atom. The lowest BCUT2D eigenvalue weighted by Gasteiger charge is -2.33. The number of nitrogens with two attached hydrogens (primary N) is 1. The fourth-order valence-electron chi connectivity index (χ4n) is 4.02. The van der Waals surface area contributed by atoms with E-state index in [-0.39, 0.29) is 17.3 Å². The van der Waals surface area contributed by atoms with Crippen molar-refractivity contribution < 1.29 is 19.1 Å². The zero-order valence-corrected chi connectivity index (χ0v) is 15.9. The molecular formula is C22H25FN2O3. The van der Waals surface area contributed by atoms with E-state index in [1.807, 2.05) is 6.92 Å². The highest BCUT2D eigenvalue weighted by Crippen LogP contribution is 2.38. The van der Waals surface area contributed by atoms with Crippen molar-refractivity contribution in [3.05, 3.63) is 65.0 Å². The molecule has 1 fully saturated rings. The third kappa shape index (κ3) is 4.16. The molecule has 1 saturated heterocycles. The van der Waals surface area contributed by atoms with Crippen molar-refractivity contribution in [3.63, 3.8) is 0 Å². The molecule has 0 radical (unpaired) electrons. The Kier molecular flexibility index (Phi) is 5.97. The van der Waals surface area contributed by atoms with Gasteiger partial charge in [0.1, 0.15) is 5.82 Å². The molecule has 5 nitrogen and oxygen atoms in total. The molecule has 0 aliphatic carbocycles. The molecule has 2 aromatic carbocycles. The van der Waals surface area contributed by atoms with Gasteiger partial charge in [-0.15, -0.1) is 0 Å². The van der Waals surface area contributed by atoms with E-state index in [1.54, 1.807) is 18.2 Å². The third-order valence-electron chi connectivity index (χ3n) is 5.50. The number of primary amides is 1. The van der Waals surface area contributed by atoms with Crippen LogP contribution < -0.4 is 10.6 Å². The van der Waals surface area contributed by atoms with Crippen LogP contribution >= 0.6 is 0 Å². The number of halogens is 1. The number of anilines is 1. The Balaban J connectivity index is 1.98. The van der Waals surface area contributed by atoms with Crippen molar-refractivity contribution in [1.82, 2.24) is 0 Å². The first-order valence-corrected chi connectivity index (χ1v) is 9.55. The summed E-state index contributed by atoms with van der Waals surface area (Å²) in [6, 6.07) is 10.9. The summed E-state index contributed by atoms with van der Waals surface area (Å²) in [5.41, 5.74) is 8.20. The van der Waals surface area contributed by atoms with E-state index in [0.29, 0.717) is 5.56 Å². The monoisotopic (exact) mass is 384 g/mol.